The molecule has 1 N–H and O–H groups in total. The van der Waals surface area contributed by atoms with E-state index in [0.29, 0.717) is 5.92 Å². The second kappa shape index (κ2) is 8.17. The fourth-order valence-electron chi connectivity index (χ4n) is 1.92. The van der Waals surface area contributed by atoms with Gasteiger partial charge in [0.2, 0.25) is 5.88 Å². The van der Waals surface area contributed by atoms with Crippen molar-refractivity contribution < 1.29 is 9.47 Å². The van der Waals surface area contributed by atoms with Crippen LogP contribution in [0.4, 0.5) is 0 Å². The summed E-state index contributed by atoms with van der Waals surface area (Å²) in [7, 11) is 3.57. The normalized spacial score (nSPS) is 11.3. The molecule has 0 amide bonds. The summed E-state index contributed by atoms with van der Waals surface area (Å²) < 4.78 is 12.7. The van der Waals surface area contributed by atoms with Gasteiger partial charge in [0, 0.05) is 26.7 Å². The van der Waals surface area contributed by atoms with E-state index < -0.39 is 0 Å². The van der Waals surface area contributed by atoms with Gasteiger partial charge in [-0.2, -0.15) is 5.10 Å². The molecule has 1 aromatic rings. The van der Waals surface area contributed by atoms with Gasteiger partial charge in [-0.25, -0.2) is 4.68 Å². The third-order valence-electron chi connectivity index (χ3n) is 3.05. The Kier molecular flexibility index (Phi) is 6.87. The Morgan fingerprint density at radius 3 is 2.68 bits per heavy atom. The van der Waals surface area contributed by atoms with Crippen LogP contribution in [0.1, 0.15) is 31.5 Å². The maximum atomic E-state index is 5.56. The van der Waals surface area contributed by atoms with Crippen LogP contribution in [0.15, 0.2) is 0 Å². The average Bonchev–Trinajstić information content (AvgIpc) is 2.62. The van der Waals surface area contributed by atoms with E-state index in [1.165, 1.54) is 0 Å². The minimum Gasteiger partial charge on any atom is -0.481 e. The molecule has 0 spiro atoms. The Bertz CT molecular complexity index is 375. The molecule has 5 heteroatoms. The van der Waals surface area contributed by atoms with Crippen LogP contribution < -0.4 is 10.1 Å². The molecule has 0 saturated heterocycles. The van der Waals surface area contributed by atoms with Crippen molar-refractivity contribution >= 4 is 0 Å². The predicted molar refractivity (Wildman–Crippen MR) is 76.5 cm³/mol. The summed E-state index contributed by atoms with van der Waals surface area (Å²) in [5.74, 6) is 1.53. The molecule has 5 nitrogen and oxygen atoms in total. The van der Waals surface area contributed by atoms with Crippen LogP contribution in [0.25, 0.3) is 0 Å². The number of aryl methyl sites for hydroxylation is 2. The lowest BCUT2D eigenvalue weighted by Gasteiger charge is -2.08. The van der Waals surface area contributed by atoms with Crippen LogP contribution >= 0.6 is 0 Å². The lowest BCUT2D eigenvalue weighted by atomic mass is 10.1. The molecule has 1 aromatic heterocycles. The highest BCUT2D eigenvalue weighted by Crippen LogP contribution is 2.20. The highest BCUT2D eigenvalue weighted by atomic mass is 16.5. The highest BCUT2D eigenvalue weighted by molar-refractivity contribution is 5.30. The standard InChI is InChI=1S/C14H27N3O2/c1-11(2)6-8-19-9-7-15-10-13-12(3)16-17(4)14(13)18-5/h11,15H,6-10H2,1-5H3. The Balaban J connectivity index is 2.23. The van der Waals surface area contributed by atoms with E-state index in [-0.39, 0.29) is 0 Å². The smallest absolute Gasteiger partial charge is 0.216 e. The first-order valence-electron chi connectivity index (χ1n) is 6.91. The first-order valence-corrected chi connectivity index (χ1v) is 6.91. The molecule has 0 aliphatic carbocycles. The first-order chi connectivity index (χ1) is 9.06. The molecule has 0 bridgehead atoms. The van der Waals surface area contributed by atoms with E-state index >= 15 is 0 Å². The van der Waals surface area contributed by atoms with Gasteiger partial charge in [-0.15, -0.1) is 0 Å². The van der Waals surface area contributed by atoms with Gasteiger partial charge < -0.3 is 14.8 Å². The number of hydrogen-bond donors (Lipinski definition) is 1. The molecule has 0 aromatic carbocycles. The maximum Gasteiger partial charge on any atom is 0.216 e. The minimum absolute atomic E-state index is 0.704. The van der Waals surface area contributed by atoms with Crippen molar-refractivity contribution in [2.24, 2.45) is 13.0 Å². The van der Waals surface area contributed by atoms with Crippen molar-refractivity contribution in [2.45, 2.75) is 33.7 Å². The van der Waals surface area contributed by atoms with E-state index in [1.807, 2.05) is 14.0 Å². The zero-order valence-corrected chi connectivity index (χ0v) is 12.8. The van der Waals surface area contributed by atoms with Gasteiger partial charge in [0.25, 0.3) is 0 Å². The Labute approximate surface area is 116 Å². The maximum absolute atomic E-state index is 5.56. The van der Waals surface area contributed by atoms with E-state index in [0.717, 1.165) is 49.9 Å². The van der Waals surface area contributed by atoms with E-state index in [9.17, 15) is 0 Å². The molecule has 1 rings (SSSR count). The lowest BCUT2D eigenvalue weighted by molar-refractivity contribution is 0.125. The number of aromatic nitrogens is 2. The molecule has 0 aliphatic rings. The summed E-state index contributed by atoms with van der Waals surface area (Å²) in [4.78, 5) is 0. The van der Waals surface area contributed by atoms with Gasteiger partial charge in [-0.1, -0.05) is 13.8 Å². The fraction of sp³-hybridized carbons (Fsp3) is 0.786. The number of rotatable bonds is 9. The third-order valence-corrected chi connectivity index (χ3v) is 3.05. The molecule has 0 unspecified atom stereocenters. The highest BCUT2D eigenvalue weighted by Gasteiger charge is 2.12. The van der Waals surface area contributed by atoms with Gasteiger partial charge in [-0.05, 0) is 19.3 Å². The van der Waals surface area contributed by atoms with E-state index in [1.54, 1.807) is 11.8 Å². The summed E-state index contributed by atoms with van der Waals surface area (Å²) in [5.41, 5.74) is 2.12. The monoisotopic (exact) mass is 269 g/mol. The Morgan fingerprint density at radius 2 is 2.05 bits per heavy atom. The van der Waals surface area contributed by atoms with Gasteiger partial charge in [0.1, 0.15) is 0 Å². The summed E-state index contributed by atoms with van der Waals surface area (Å²) >= 11 is 0. The van der Waals surface area contributed by atoms with Crippen molar-refractivity contribution in [3.05, 3.63) is 11.3 Å². The van der Waals surface area contributed by atoms with Gasteiger partial charge >= 0.3 is 0 Å². The molecule has 0 atom stereocenters. The number of nitrogens with one attached hydrogen (secondary N) is 1. The second-order valence-electron chi connectivity index (χ2n) is 5.17. The molecule has 19 heavy (non-hydrogen) atoms. The van der Waals surface area contributed by atoms with Crippen molar-refractivity contribution in [3.63, 3.8) is 0 Å². The predicted octanol–water partition coefficient (Wildman–Crippen LogP) is 1.89. The quantitative estimate of drug-likeness (QED) is 0.696. The van der Waals surface area contributed by atoms with Crippen LogP contribution in [0.3, 0.4) is 0 Å². The van der Waals surface area contributed by atoms with Crippen molar-refractivity contribution in [2.75, 3.05) is 26.9 Å². The summed E-state index contributed by atoms with van der Waals surface area (Å²) in [6, 6.07) is 0. The molecule has 0 aliphatic heterocycles. The van der Waals surface area contributed by atoms with Crippen LogP contribution in [-0.2, 0) is 18.3 Å². The third kappa shape index (κ3) is 5.20. The van der Waals surface area contributed by atoms with Crippen LogP contribution in [0, 0.1) is 12.8 Å². The van der Waals surface area contributed by atoms with Crippen molar-refractivity contribution in [1.82, 2.24) is 15.1 Å². The number of ether oxygens (including phenoxy) is 2. The van der Waals surface area contributed by atoms with E-state index in [4.69, 9.17) is 9.47 Å². The molecule has 0 fully saturated rings. The van der Waals surface area contributed by atoms with Crippen molar-refractivity contribution in [1.29, 1.82) is 0 Å². The number of hydrogen-bond acceptors (Lipinski definition) is 4. The summed E-state index contributed by atoms with van der Waals surface area (Å²) in [5, 5.41) is 7.71. The molecule has 0 radical (unpaired) electrons. The SMILES string of the molecule is COc1c(CNCCOCCC(C)C)c(C)nn1C. The van der Waals surface area contributed by atoms with Gasteiger partial charge in [-0.3, -0.25) is 0 Å². The van der Waals surface area contributed by atoms with Crippen LogP contribution in [0.2, 0.25) is 0 Å². The molecular weight excluding hydrogens is 242 g/mol. The minimum atomic E-state index is 0.704. The molecule has 0 saturated carbocycles. The van der Waals surface area contributed by atoms with E-state index in [2.05, 4.69) is 24.3 Å². The second-order valence-corrected chi connectivity index (χ2v) is 5.17. The first kappa shape index (κ1) is 16.0. The van der Waals surface area contributed by atoms with Gasteiger partial charge in [0.05, 0.1) is 25.0 Å². The molecule has 110 valence electrons. The number of nitrogens with zero attached hydrogens (tertiary/aromatic N) is 2. The molecular formula is C14H27N3O2. The summed E-state index contributed by atoms with van der Waals surface area (Å²) in [6.45, 7) is 9.60. The van der Waals surface area contributed by atoms with Crippen LogP contribution in [0.5, 0.6) is 5.88 Å². The Hall–Kier alpha value is -1.07. The van der Waals surface area contributed by atoms with Crippen LogP contribution in [-0.4, -0.2) is 36.6 Å². The fourth-order valence-corrected chi connectivity index (χ4v) is 1.92. The largest absolute Gasteiger partial charge is 0.481 e. The average molecular weight is 269 g/mol. The summed E-state index contributed by atoms with van der Waals surface area (Å²) in [6.07, 6.45) is 1.12. The zero-order chi connectivity index (χ0) is 14.3. The van der Waals surface area contributed by atoms with Crippen molar-refractivity contribution in [3.8, 4) is 5.88 Å². The topological polar surface area (TPSA) is 48.3 Å². The molecule has 1 heterocycles. The number of methoxy groups -OCH3 is 1. The van der Waals surface area contributed by atoms with Gasteiger partial charge in [0.15, 0.2) is 0 Å². The Morgan fingerprint density at radius 1 is 1.32 bits per heavy atom. The zero-order valence-electron chi connectivity index (χ0n) is 12.8. The lowest BCUT2D eigenvalue weighted by Crippen LogP contribution is -2.20.